The van der Waals surface area contributed by atoms with E-state index >= 15 is 0 Å². The third-order valence-corrected chi connectivity index (χ3v) is 4.65. The molecule has 2 heterocycles. The van der Waals surface area contributed by atoms with E-state index in [1.807, 2.05) is 19.9 Å². The number of unbranched alkanes of at least 4 members (excludes halogenated alkanes) is 1. The summed E-state index contributed by atoms with van der Waals surface area (Å²) in [5, 5.41) is 6.78. The van der Waals surface area contributed by atoms with E-state index in [1.165, 1.54) is 12.8 Å². The second-order valence-electron chi connectivity index (χ2n) is 6.76. The van der Waals surface area contributed by atoms with Gasteiger partial charge in [-0.2, -0.15) is 0 Å². The van der Waals surface area contributed by atoms with Crippen molar-refractivity contribution in [1.82, 2.24) is 15.5 Å². The van der Waals surface area contributed by atoms with Crippen LogP contribution in [-0.4, -0.2) is 56.8 Å². The molecule has 1 aliphatic heterocycles. The molecule has 1 saturated heterocycles. The van der Waals surface area contributed by atoms with Gasteiger partial charge in [0.05, 0.1) is 12.6 Å². The minimum Gasteiger partial charge on any atom is -0.465 e. The fraction of sp³-hybridized carbons (Fsp3) is 0.750. The number of nitrogens with zero attached hydrogens (tertiary/aromatic N) is 2. The zero-order chi connectivity index (χ0) is 18.6. The van der Waals surface area contributed by atoms with Crippen LogP contribution in [0.2, 0.25) is 0 Å². The van der Waals surface area contributed by atoms with E-state index in [-0.39, 0.29) is 30.0 Å². The number of hydrogen-bond acceptors (Lipinski definition) is 4. The molecule has 1 fully saturated rings. The van der Waals surface area contributed by atoms with Crippen LogP contribution in [0.15, 0.2) is 21.5 Å². The molecule has 1 atom stereocenters. The molecule has 1 aliphatic rings. The van der Waals surface area contributed by atoms with Gasteiger partial charge in [-0.25, -0.2) is 0 Å². The lowest BCUT2D eigenvalue weighted by Crippen LogP contribution is -2.39. The summed E-state index contributed by atoms with van der Waals surface area (Å²) in [6.07, 6.45) is 4.68. The second-order valence-corrected chi connectivity index (χ2v) is 6.76. The quantitative estimate of drug-likeness (QED) is 0.214. The summed E-state index contributed by atoms with van der Waals surface area (Å²) in [7, 11) is 0. The molecule has 2 rings (SSSR count). The number of rotatable bonds is 11. The van der Waals surface area contributed by atoms with Crippen molar-refractivity contribution in [2.75, 3.05) is 45.9 Å². The molecule has 27 heavy (non-hydrogen) atoms. The number of ether oxygens (including phenoxy) is 1. The standard InChI is InChI=1S/C20H36N4O2.HI/c1-4-21-20(22-12-6-9-15-25-5-2)23-16-18(24-13-7-8-14-24)19-11-10-17(3)26-19;/h10-11,18H,4-9,12-16H2,1-3H3,(H2,21,22,23);1H. The number of nitrogens with one attached hydrogen (secondary N) is 2. The molecule has 0 bridgehead atoms. The third kappa shape index (κ3) is 8.83. The van der Waals surface area contributed by atoms with Gasteiger partial charge in [0.2, 0.25) is 0 Å². The first-order valence-electron chi connectivity index (χ1n) is 10.1. The Labute approximate surface area is 181 Å². The van der Waals surface area contributed by atoms with E-state index in [9.17, 15) is 0 Å². The molecule has 7 heteroatoms. The van der Waals surface area contributed by atoms with Crippen molar-refractivity contribution in [1.29, 1.82) is 0 Å². The van der Waals surface area contributed by atoms with E-state index in [4.69, 9.17) is 14.1 Å². The van der Waals surface area contributed by atoms with E-state index in [0.717, 1.165) is 69.7 Å². The highest BCUT2D eigenvalue weighted by molar-refractivity contribution is 14.0. The molecule has 0 aliphatic carbocycles. The average Bonchev–Trinajstić information content (AvgIpc) is 3.30. The number of aryl methyl sites for hydroxylation is 1. The van der Waals surface area contributed by atoms with Crippen molar-refractivity contribution in [3.05, 3.63) is 23.7 Å². The Kier molecular flexibility index (Phi) is 12.8. The predicted molar refractivity (Wildman–Crippen MR) is 122 cm³/mol. The van der Waals surface area contributed by atoms with Crippen LogP contribution in [0.3, 0.4) is 0 Å². The first kappa shape index (κ1) is 24.2. The highest BCUT2D eigenvalue weighted by Crippen LogP contribution is 2.26. The van der Waals surface area contributed by atoms with Gasteiger partial charge < -0.3 is 19.8 Å². The van der Waals surface area contributed by atoms with Gasteiger partial charge in [0.25, 0.3) is 0 Å². The summed E-state index contributed by atoms with van der Waals surface area (Å²) in [4.78, 5) is 7.33. The van der Waals surface area contributed by atoms with Gasteiger partial charge in [-0.15, -0.1) is 24.0 Å². The monoisotopic (exact) mass is 492 g/mol. The molecular weight excluding hydrogens is 455 g/mol. The summed E-state index contributed by atoms with van der Waals surface area (Å²) >= 11 is 0. The summed E-state index contributed by atoms with van der Waals surface area (Å²) in [5.74, 6) is 2.88. The van der Waals surface area contributed by atoms with Crippen LogP contribution in [0.4, 0.5) is 0 Å². The SMILES string of the molecule is CCNC(=NCC(c1ccc(C)o1)N1CCCC1)NCCCCOCC.I. The van der Waals surface area contributed by atoms with E-state index in [0.29, 0.717) is 6.54 Å². The lowest BCUT2D eigenvalue weighted by Gasteiger charge is -2.24. The van der Waals surface area contributed by atoms with Gasteiger partial charge in [0.15, 0.2) is 5.96 Å². The number of aliphatic imine (C=N–C) groups is 1. The Balaban J connectivity index is 0.00000364. The summed E-state index contributed by atoms with van der Waals surface area (Å²) in [5.41, 5.74) is 0. The van der Waals surface area contributed by atoms with E-state index < -0.39 is 0 Å². The van der Waals surface area contributed by atoms with E-state index in [2.05, 4.69) is 28.5 Å². The smallest absolute Gasteiger partial charge is 0.191 e. The number of halogens is 1. The molecule has 1 aromatic rings. The average molecular weight is 492 g/mol. The van der Waals surface area contributed by atoms with Gasteiger partial charge >= 0.3 is 0 Å². The van der Waals surface area contributed by atoms with Crippen LogP contribution in [0, 0.1) is 6.92 Å². The van der Waals surface area contributed by atoms with Crippen LogP contribution in [0.25, 0.3) is 0 Å². The highest BCUT2D eigenvalue weighted by Gasteiger charge is 2.25. The van der Waals surface area contributed by atoms with Gasteiger partial charge in [-0.1, -0.05) is 0 Å². The number of likely N-dealkylation sites (tertiary alicyclic amines) is 1. The molecule has 0 radical (unpaired) electrons. The van der Waals surface area contributed by atoms with Gasteiger partial charge in [0.1, 0.15) is 11.5 Å². The van der Waals surface area contributed by atoms with Gasteiger partial charge in [-0.3, -0.25) is 9.89 Å². The van der Waals surface area contributed by atoms with Crippen LogP contribution in [0.5, 0.6) is 0 Å². The van der Waals surface area contributed by atoms with Gasteiger partial charge in [0, 0.05) is 26.3 Å². The zero-order valence-electron chi connectivity index (χ0n) is 17.1. The molecule has 0 saturated carbocycles. The Hall–Kier alpha value is -0.800. The summed E-state index contributed by atoms with van der Waals surface area (Å²) in [6.45, 7) is 12.5. The van der Waals surface area contributed by atoms with Crippen molar-refractivity contribution in [2.45, 2.75) is 52.5 Å². The van der Waals surface area contributed by atoms with Crippen LogP contribution >= 0.6 is 24.0 Å². The molecule has 0 aromatic carbocycles. The molecule has 0 amide bonds. The topological polar surface area (TPSA) is 62.0 Å². The van der Waals surface area contributed by atoms with Crippen molar-refractivity contribution >= 4 is 29.9 Å². The van der Waals surface area contributed by atoms with Crippen LogP contribution < -0.4 is 10.6 Å². The number of hydrogen-bond donors (Lipinski definition) is 2. The molecule has 156 valence electrons. The highest BCUT2D eigenvalue weighted by atomic mass is 127. The van der Waals surface area contributed by atoms with Crippen molar-refractivity contribution in [3.63, 3.8) is 0 Å². The van der Waals surface area contributed by atoms with Gasteiger partial charge in [-0.05, 0) is 71.7 Å². The number of furan rings is 1. The minimum atomic E-state index is 0. The molecular formula is C20H37IN4O2. The lowest BCUT2D eigenvalue weighted by atomic mass is 10.2. The normalized spacial score (nSPS) is 16.2. The van der Waals surface area contributed by atoms with Crippen molar-refractivity contribution in [2.24, 2.45) is 4.99 Å². The first-order chi connectivity index (χ1) is 12.7. The largest absolute Gasteiger partial charge is 0.465 e. The Morgan fingerprint density at radius 3 is 2.63 bits per heavy atom. The Morgan fingerprint density at radius 1 is 1.22 bits per heavy atom. The molecule has 1 unspecified atom stereocenters. The third-order valence-electron chi connectivity index (χ3n) is 4.65. The van der Waals surface area contributed by atoms with E-state index in [1.54, 1.807) is 0 Å². The minimum absolute atomic E-state index is 0. The maximum Gasteiger partial charge on any atom is 0.191 e. The first-order valence-corrected chi connectivity index (χ1v) is 10.1. The maximum absolute atomic E-state index is 5.92. The maximum atomic E-state index is 5.92. The predicted octanol–water partition coefficient (Wildman–Crippen LogP) is 3.71. The fourth-order valence-corrected chi connectivity index (χ4v) is 3.27. The Morgan fingerprint density at radius 2 is 2.00 bits per heavy atom. The van der Waals surface area contributed by atoms with Crippen LogP contribution in [0.1, 0.15) is 57.1 Å². The summed E-state index contributed by atoms with van der Waals surface area (Å²) < 4.78 is 11.3. The second kappa shape index (κ2) is 14.2. The lowest BCUT2D eigenvalue weighted by molar-refractivity contribution is 0.143. The molecule has 6 nitrogen and oxygen atoms in total. The van der Waals surface area contributed by atoms with Crippen molar-refractivity contribution < 1.29 is 9.15 Å². The summed E-state index contributed by atoms with van der Waals surface area (Å²) in [6, 6.07) is 4.37. The Bertz CT molecular complexity index is 530. The number of guanidine groups is 1. The van der Waals surface area contributed by atoms with Crippen molar-refractivity contribution in [3.8, 4) is 0 Å². The molecule has 0 spiro atoms. The van der Waals surface area contributed by atoms with Crippen LogP contribution in [-0.2, 0) is 4.74 Å². The zero-order valence-corrected chi connectivity index (χ0v) is 19.5. The fourth-order valence-electron chi connectivity index (χ4n) is 3.27. The molecule has 1 aromatic heterocycles. The molecule has 2 N–H and O–H groups in total.